The molecule has 0 aromatic carbocycles. The maximum atomic E-state index is 12.2. The van der Waals surface area contributed by atoms with Gasteiger partial charge in [0.25, 0.3) is 5.56 Å². The molecule has 0 saturated carbocycles. The SMILES string of the molecule is CC(CNC(=O)CSCc1cc(=O)n2ccsc2n1)N1CCc2sccc2C1. The molecule has 0 spiro atoms. The van der Waals surface area contributed by atoms with Crippen molar-refractivity contribution in [3.05, 3.63) is 55.6 Å². The predicted molar refractivity (Wildman–Crippen MR) is 116 cm³/mol. The molecular weight excluding hydrogens is 412 g/mol. The largest absolute Gasteiger partial charge is 0.354 e. The second-order valence-electron chi connectivity index (χ2n) is 6.88. The van der Waals surface area contributed by atoms with Crippen molar-refractivity contribution < 1.29 is 4.79 Å². The van der Waals surface area contributed by atoms with Crippen LogP contribution < -0.4 is 10.9 Å². The van der Waals surface area contributed by atoms with Crippen LogP contribution in [0.15, 0.2) is 33.9 Å². The Hall–Kier alpha value is -1.68. The molecular formula is C19H22N4O2S3. The first kappa shape index (κ1) is 19.6. The van der Waals surface area contributed by atoms with Crippen molar-refractivity contribution in [3.8, 4) is 0 Å². The minimum absolute atomic E-state index is 0.0269. The van der Waals surface area contributed by atoms with Crippen LogP contribution in [0.25, 0.3) is 4.96 Å². The van der Waals surface area contributed by atoms with Crippen molar-refractivity contribution in [3.63, 3.8) is 0 Å². The quantitative estimate of drug-likeness (QED) is 0.619. The van der Waals surface area contributed by atoms with E-state index in [0.717, 1.165) is 25.2 Å². The average Bonchev–Trinajstić information content (AvgIpc) is 3.34. The molecule has 1 unspecified atom stereocenters. The molecule has 3 aromatic heterocycles. The number of thiophene rings is 1. The maximum absolute atomic E-state index is 12.2. The highest BCUT2D eigenvalue weighted by Crippen LogP contribution is 2.25. The fraction of sp³-hybridized carbons (Fsp3) is 0.421. The summed E-state index contributed by atoms with van der Waals surface area (Å²) >= 11 is 4.76. The molecule has 4 heterocycles. The van der Waals surface area contributed by atoms with Crippen molar-refractivity contribution >= 4 is 45.3 Å². The van der Waals surface area contributed by atoms with Crippen LogP contribution in [0.1, 0.15) is 23.1 Å². The predicted octanol–water partition coefficient (Wildman–Crippen LogP) is 2.61. The lowest BCUT2D eigenvalue weighted by atomic mass is 10.1. The van der Waals surface area contributed by atoms with Crippen LogP contribution in [-0.2, 0) is 23.5 Å². The Balaban J connectivity index is 1.21. The number of nitrogens with zero attached hydrogens (tertiary/aromatic N) is 3. The van der Waals surface area contributed by atoms with Gasteiger partial charge in [-0.25, -0.2) is 4.98 Å². The molecule has 1 atom stereocenters. The van der Waals surface area contributed by atoms with Gasteiger partial charge in [-0.3, -0.25) is 18.9 Å². The number of carbonyl (C=O) groups is 1. The number of hydrogen-bond donors (Lipinski definition) is 1. The van der Waals surface area contributed by atoms with E-state index in [1.807, 2.05) is 16.7 Å². The zero-order valence-corrected chi connectivity index (χ0v) is 18.0. The van der Waals surface area contributed by atoms with Crippen molar-refractivity contribution in [1.82, 2.24) is 19.6 Å². The maximum Gasteiger partial charge on any atom is 0.258 e. The van der Waals surface area contributed by atoms with Crippen molar-refractivity contribution in [2.45, 2.75) is 31.7 Å². The molecule has 0 aliphatic carbocycles. The van der Waals surface area contributed by atoms with Gasteiger partial charge in [0, 0.05) is 53.9 Å². The van der Waals surface area contributed by atoms with Gasteiger partial charge >= 0.3 is 0 Å². The van der Waals surface area contributed by atoms with E-state index in [9.17, 15) is 9.59 Å². The molecule has 9 heteroatoms. The standard InChI is InChI=1S/C19H22N4O2S3/c1-13(22-4-2-16-14(10-22)3-6-27-16)9-20-17(24)12-26-11-15-8-18(25)23-5-7-28-19(23)21-15/h3,5-8,13H,2,4,9-12H2,1H3,(H,20,24). The van der Waals surface area contributed by atoms with E-state index in [4.69, 9.17) is 0 Å². The summed E-state index contributed by atoms with van der Waals surface area (Å²) in [5.41, 5.74) is 2.07. The first-order valence-electron chi connectivity index (χ1n) is 9.19. The highest BCUT2D eigenvalue weighted by atomic mass is 32.2. The molecule has 6 nitrogen and oxygen atoms in total. The van der Waals surface area contributed by atoms with Crippen molar-refractivity contribution in [2.24, 2.45) is 0 Å². The highest BCUT2D eigenvalue weighted by molar-refractivity contribution is 7.99. The number of thioether (sulfide) groups is 1. The zero-order valence-electron chi connectivity index (χ0n) is 15.6. The van der Waals surface area contributed by atoms with Gasteiger partial charge in [0.15, 0.2) is 4.96 Å². The van der Waals surface area contributed by atoms with Gasteiger partial charge in [-0.15, -0.1) is 34.4 Å². The van der Waals surface area contributed by atoms with Crippen molar-refractivity contribution in [1.29, 1.82) is 0 Å². The van der Waals surface area contributed by atoms with Gasteiger partial charge in [0.05, 0.1) is 11.4 Å². The molecule has 0 bridgehead atoms. The van der Waals surface area contributed by atoms with E-state index in [0.29, 0.717) is 29.1 Å². The van der Waals surface area contributed by atoms with E-state index in [1.165, 1.54) is 37.9 Å². The molecule has 0 saturated heterocycles. The van der Waals surface area contributed by atoms with Crippen LogP contribution in [0.2, 0.25) is 0 Å². The average molecular weight is 435 g/mol. The molecule has 1 aliphatic rings. The lowest BCUT2D eigenvalue weighted by molar-refractivity contribution is -0.118. The van der Waals surface area contributed by atoms with Gasteiger partial charge < -0.3 is 5.32 Å². The third kappa shape index (κ3) is 4.48. The Bertz CT molecular complexity index is 1030. The van der Waals surface area contributed by atoms with E-state index >= 15 is 0 Å². The third-order valence-electron chi connectivity index (χ3n) is 4.89. The fourth-order valence-electron chi connectivity index (χ4n) is 3.30. The molecule has 0 radical (unpaired) electrons. The number of nitrogens with one attached hydrogen (secondary N) is 1. The summed E-state index contributed by atoms with van der Waals surface area (Å²) in [4.78, 5) is 33.2. The second-order valence-corrected chi connectivity index (χ2v) is 9.74. The van der Waals surface area contributed by atoms with Gasteiger partial charge in [0.2, 0.25) is 5.91 Å². The lowest BCUT2D eigenvalue weighted by Crippen LogP contribution is -2.44. The Morgan fingerprint density at radius 2 is 2.29 bits per heavy atom. The van der Waals surface area contributed by atoms with Crippen LogP contribution in [0.5, 0.6) is 0 Å². The number of thiazole rings is 1. The molecule has 3 aromatic rings. The second kappa shape index (κ2) is 8.77. The van der Waals surface area contributed by atoms with Gasteiger partial charge in [0.1, 0.15) is 0 Å². The summed E-state index contributed by atoms with van der Waals surface area (Å²) < 4.78 is 1.53. The number of rotatable bonds is 7. The van der Waals surface area contributed by atoms with Crippen LogP contribution in [0.3, 0.4) is 0 Å². The number of amides is 1. The molecule has 0 fully saturated rings. The molecule has 148 valence electrons. The molecule has 1 aliphatic heterocycles. The monoisotopic (exact) mass is 434 g/mol. The van der Waals surface area contributed by atoms with E-state index in [-0.39, 0.29) is 11.5 Å². The summed E-state index contributed by atoms with van der Waals surface area (Å²) in [5.74, 6) is 0.950. The van der Waals surface area contributed by atoms with Crippen LogP contribution in [0, 0.1) is 0 Å². The van der Waals surface area contributed by atoms with E-state index in [1.54, 1.807) is 12.3 Å². The Morgan fingerprint density at radius 1 is 1.39 bits per heavy atom. The molecule has 1 amide bonds. The van der Waals surface area contributed by atoms with E-state index < -0.39 is 0 Å². The summed E-state index contributed by atoms with van der Waals surface area (Å²) in [6, 6.07) is 4.06. The van der Waals surface area contributed by atoms with Gasteiger partial charge in [-0.1, -0.05) is 0 Å². The van der Waals surface area contributed by atoms with E-state index in [2.05, 4.69) is 33.6 Å². The third-order valence-corrected chi connectivity index (χ3v) is 7.64. The normalized spacial score (nSPS) is 15.5. The lowest BCUT2D eigenvalue weighted by Gasteiger charge is -2.32. The number of hydrogen-bond acceptors (Lipinski definition) is 7. The van der Waals surface area contributed by atoms with Gasteiger partial charge in [-0.05, 0) is 30.4 Å². The minimum Gasteiger partial charge on any atom is -0.354 e. The van der Waals surface area contributed by atoms with Crippen LogP contribution in [-0.4, -0.2) is 45.1 Å². The number of aromatic nitrogens is 2. The Kier molecular flexibility index (Phi) is 6.15. The Morgan fingerprint density at radius 3 is 3.18 bits per heavy atom. The summed E-state index contributed by atoms with van der Waals surface area (Å²) in [6.45, 7) is 4.83. The van der Waals surface area contributed by atoms with Crippen LogP contribution in [0.4, 0.5) is 0 Å². The first-order valence-corrected chi connectivity index (χ1v) is 12.1. The highest BCUT2D eigenvalue weighted by Gasteiger charge is 2.21. The Labute approximate surface area is 175 Å². The fourth-order valence-corrected chi connectivity index (χ4v) is 5.67. The topological polar surface area (TPSA) is 66.7 Å². The van der Waals surface area contributed by atoms with Crippen LogP contribution >= 0.6 is 34.4 Å². The summed E-state index contributed by atoms with van der Waals surface area (Å²) in [7, 11) is 0. The van der Waals surface area contributed by atoms with Crippen molar-refractivity contribution in [2.75, 3.05) is 18.8 Å². The molecule has 4 rings (SSSR count). The minimum atomic E-state index is -0.0737. The molecule has 28 heavy (non-hydrogen) atoms. The number of fused-ring (bicyclic) bond motifs is 2. The smallest absolute Gasteiger partial charge is 0.258 e. The molecule has 1 N–H and O–H groups in total. The first-order chi connectivity index (χ1) is 13.6. The van der Waals surface area contributed by atoms with Gasteiger partial charge in [-0.2, -0.15) is 0 Å². The zero-order chi connectivity index (χ0) is 19.5. The summed E-state index contributed by atoms with van der Waals surface area (Å²) in [6.07, 6.45) is 2.82. The summed E-state index contributed by atoms with van der Waals surface area (Å²) in [5, 5.41) is 7.05. The number of carbonyl (C=O) groups excluding carboxylic acids is 1.